The van der Waals surface area contributed by atoms with E-state index < -0.39 is 42.5 Å². The Hall–Kier alpha value is -1.09. The second-order valence-corrected chi connectivity index (χ2v) is 3.84. The zero-order valence-electron chi connectivity index (χ0n) is 9.50. The number of halogens is 8. The Bertz CT molecular complexity index is 339. The average molecular weight is 302 g/mol. The maximum Gasteiger partial charge on any atom is 0.410 e. The predicted molar refractivity (Wildman–Crippen MR) is 46.9 cm³/mol. The van der Waals surface area contributed by atoms with E-state index >= 15 is 0 Å². The van der Waals surface area contributed by atoms with Crippen LogP contribution >= 0.6 is 0 Å². The van der Waals surface area contributed by atoms with Crippen molar-refractivity contribution in [2.75, 3.05) is 0 Å². The number of carboxylic acid groups (broad SMARTS) is 1. The van der Waals surface area contributed by atoms with E-state index in [1.165, 1.54) is 6.92 Å². The van der Waals surface area contributed by atoms with Crippen LogP contribution in [0.25, 0.3) is 0 Å². The monoisotopic (exact) mass is 302 g/mol. The van der Waals surface area contributed by atoms with Gasteiger partial charge in [0, 0.05) is 6.42 Å². The van der Waals surface area contributed by atoms with E-state index in [1.807, 2.05) is 0 Å². The molecular formula is C9H10F8O2. The van der Waals surface area contributed by atoms with E-state index in [0.29, 0.717) is 0 Å². The number of hydrogen-bond donors (Lipinski definition) is 1. The van der Waals surface area contributed by atoms with Crippen molar-refractivity contribution in [3.63, 3.8) is 0 Å². The first kappa shape index (κ1) is 17.9. The molecule has 10 heteroatoms. The molecule has 0 heterocycles. The van der Waals surface area contributed by atoms with E-state index in [1.54, 1.807) is 0 Å². The zero-order chi connectivity index (χ0) is 15.7. The molecule has 0 unspecified atom stereocenters. The van der Waals surface area contributed by atoms with Crippen molar-refractivity contribution >= 4 is 5.97 Å². The summed E-state index contributed by atoms with van der Waals surface area (Å²) in [6.45, 7) is 1.29. The molecule has 0 aliphatic carbocycles. The molecular weight excluding hydrogens is 292 g/mol. The summed E-state index contributed by atoms with van der Waals surface area (Å²) >= 11 is 0. The molecule has 0 bridgehead atoms. The van der Waals surface area contributed by atoms with Crippen LogP contribution in [0.2, 0.25) is 0 Å². The van der Waals surface area contributed by atoms with Gasteiger partial charge < -0.3 is 5.11 Å². The van der Waals surface area contributed by atoms with Crippen molar-refractivity contribution in [2.45, 2.75) is 49.9 Å². The molecule has 0 rings (SSSR count). The molecule has 0 saturated carbocycles. The van der Waals surface area contributed by atoms with Crippen molar-refractivity contribution in [2.24, 2.45) is 0 Å². The SMILES string of the molecule is CCCCC(F)(F)C(F)(F)C(F)(F)C(F)(F)C(=O)O. The molecule has 0 atom stereocenters. The minimum absolute atomic E-state index is 0.0629. The van der Waals surface area contributed by atoms with Gasteiger partial charge in [-0.15, -0.1) is 0 Å². The lowest BCUT2D eigenvalue weighted by Gasteiger charge is -2.35. The molecule has 0 aromatic rings. The molecule has 0 aliphatic heterocycles. The van der Waals surface area contributed by atoms with Crippen LogP contribution in [0, 0.1) is 0 Å². The van der Waals surface area contributed by atoms with Crippen molar-refractivity contribution in [1.29, 1.82) is 0 Å². The summed E-state index contributed by atoms with van der Waals surface area (Å²) in [6, 6.07) is 0. The molecule has 0 aromatic heterocycles. The van der Waals surface area contributed by atoms with Gasteiger partial charge in [0.05, 0.1) is 0 Å². The minimum atomic E-state index is -6.72. The Kier molecular flexibility index (Phi) is 4.83. The van der Waals surface area contributed by atoms with E-state index in [9.17, 15) is 39.9 Å². The molecule has 0 fully saturated rings. The fourth-order valence-corrected chi connectivity index (χ4v) is 1.12. The number of unbranched alkanes of at least 4 members (excludes halogenated alkanes) is 1. The molecule has 0 saturated heterocycles. The van der Waals surface area contributed by atoms with Crippen LogP contribution in [0.4, 0.5) is 35.1 Å². The smallest absolute Gasteiger partial charge is 0.410 e. The molecule has 0 radical (unpaired) electrons. The van der Waals surface area contributed by atoms with E-state index in [-0.39, 0.29) is 6.42 Å². The van der Waals surface area contributed by atoms with Gasteiger partial charge in [0.1, 0.15) is 0 Å². The lowest BCUT2D eigenvalue weighted by atomic mass is 9.95. The lowest BCUT2D eigenvalue weighted by molar-refractivity contribution is -0.360. The van der Waals surface area contributed by atoms with Crippen molar-refractivity contribution in [3.8, 4) is 0 Å². The zero-order valence-corrected chi connectivity index (χ0v) is 9.50. The molecule has 1 N–H and O–H groups in total. The molecule has 114 valence electrons. The second-order valence-electron chi connectivity index (χ2n) is 3.84. The van der Waals surface area contributed by atoms with Gasteiger partial charge in [-0.3, -0.25) is 0 Å². The van der Waals surface area contributed by atoms with Crippen LogP contribution in [0.5, 0.6) is 0 Å². The summed E-state index contributed by atoms with van der Waals surface area (Å²) < 4.78 is 102. The molecule has 0 amide bonds. The minimum Gasteiger partial charge on any atom is -0.477 e. The van der Waals surface area contributed by atoms with Gasteiger partial charge in [-0.1, -0.05) is 13.3 Å². The Morgan fingerprint density at radius 3 is 1.68 bits per heavy atom. The molecule has 0 aliphatic rings. The predicted octanol–water partition coefficient (Wildman–Crippen LogP) is 3.80. The summed E-state index contributed by atoms with van der Waals surface area (Å²) in [4.78, 5) is 9.85. The number of alkyl halides is 8. The van der Waals surface area contributed by atoms with Crippen LogP contribution in [0.1, 0.15) is 26.2 Å². The highest BCUT2D eigenvalue weighted by molar-refractivity contribution is 5.77. The Morgan fingerprint density at radius 2 is 1.37 bits per heavy atom. The third-order valence-corrected chi connectivity index (χ3v) is 2.36. The average Bonchev–Trinajstić information content (AvgIpc) is 2.25. The Morgan fingerprint density at radius 1 is 0.947 bits per heavy atom. The van der Waals surface area contributed by atoms with Crippen molar-refractivity contribution in [1.82, 2.24) is 0 Å². The van der Waals surface area contributed by atoms with Crippen LogP contribution in [-0.4, -0.2) is 34.8 Å². The normalized spacial score (nSPS) is 14.6. The van der Waals surface area contributed by atoms with Gasteiger partial charge in [0.15, 0.2) is 0 Å². The molecule has 0 spiro atoms. The topological polar surface area (TPSA) is 37.3 Å². The largest absolute Gasteiger partial charge is 0.477 e. The number of carboxylic acids is 1. The van der Waals surface area contributed by atoms with Crippen molar-refractivity contribution in [3.05, 3.63) is 0 Å². The first-order valence-corrected chi connectivity index (χ1v) is 5.00. The summed E-state index contributed by atoms with van der Waals surface area (Å²) in [7, 11) is 0. The first-order valence-electron chi connectivity index (χ1n) is 5.00. The molecule has 19 heavy (non-hydrogen) atoms. The fourth-order valence-electron chi connectivity index (χ4n) is 1.12. The number of aliphatic carboxylic acids is 1. The third kappa shape index (κ3) is 2.76. The van der Waals surface area contributed by atoms with Gasteiger partial charge in [-0.05, 0) is 6.42 Å². The van der Waals surface area contributed by atoms with Gasteiger partial charge >= 0.3 is 29.7 Å². The number of hydrogen-bond acceptors (Lipinski definition) is 1. The van der Waals surface area contributed by atoms with Crippen LogP contribution in [0.15, 0.2) is 0 Å². The summed E-state index contributed by atoms with van der Waals surface area (Å²) in [5.74, 6) is -28.6. The summed E-state index contributed by atoms with van der Waals surface area (Å²) in [6.07, 6.45) is -2.44. The fraction of sp³-hybridized carbons (Fsp3) is 0.889. The van der Waals surface area contributed by atoms with E-state index in [4.69, 9.17) is 5.11 Å². The Labute approximate surface area is 102 Å². The van der Waals surface area contributed by atoms with Gasteiger partial charge in [0.25, 0.3) is 0 Å². The van der Waals surface area contributed by atoms with Gasteiger partial charge in [-0.2, -0.15) is 35.1 Å². The molecule has 0 aromatic carbocycles. The first-order chi connectivity index (χ1) is 8.25. The summed E-state index contributed by atoms with van der Waals surface area (Å²) in [5.41, 5.74) is 0. The number of carbonyl (C=O) groups is 1. The second kappa shape index (κ2) is 5.12. The molecule has 2 nitrogen and oxygen atoms in total. The van der Waals surface area contributed by atoms with Crippen LogP contribution in [0.3, 0.4) is 0 Å². The third-order valence-electron chi connectivity index (χ3n) is 2.36. The highest BCUT2D eigenvalue weighted by atomic mass is 19.4. The lowest BCUT2D eigenvalue weighted by Crippen LogP contribution is -2.64. The quantitative estimate of drug-likeness (QED) is 0.726. The van der Waals surface area contributed by atoms with Crippen LogP contribution in [-0.2, 0) is 4.79 Å². The number of rotatable bonds is 7. The van der Waals surface area contributed by atoms with Gasteiger partial charge in [0.2, 0.25) is 0 Å². The van der Waals surface area contributed by atoms with E-state index in [2.05, 4.69) is 0 Å². The van der Waals surface area contributed by atoms with Gasteiger partial charge in [-0.25, -0.2) is 4.79 Å². The summed E-state index contributed by atoms with van der Waals surface area (Å²) in [5, 5.41) is 7.77. The van der Waals surface area contributed by atoms with Crippen molar-refractivity contribution < 1.29 is 45.0 Å². The Balaban J connectivity index is 5.56. The van der Waals surface area contributed by atoms with Crippen LogP contribution < -0.4 is 0 Å². The van der Waals surface area contributed by atoms with E-state index in [0.717, 1.165) is 0 Å². The highest BCUT2D eigenvalue weighted by Gasteiger charge is 2.82. The highest BCUT2D eigenvalue weighted by Crippen LogP contribution is 2.53. The maximum atomic E-state index is 12.9. The maximum absolute atomic E-state index is 12.9. The standard InChI is InChI=1S/C9H10F8O2/c1-2-3-4-6(10,11)8(14,15)9(16,17)7(12,13)5(18)19/h2-4H2,1H3,(H,18,19).